The zero-order valence-corrected chi connectivity index (χ0v) is 15.5. The van der Waals surface area contributed by atoms with Gasteiger partial charge in [0.25, 0.3) is 0 Å². The highest BCUT2D eigenvalue weighted by Crippen LogP contribution is 2.20. The Bertz CT molecular complexity index is 1010. The van der Waals surface area contributed by atoms with Gasteiger partial charge in [-0.2, -0.15) is 5.26 Å². The van der Waals surface area contributed by atoms with E-state index in [1.807, 2.05) is 6.07 Å². The molecule has 140 valence electrons. The number of amides is 1. The van der Waals surface area contributed by atoms with Crippen molar-refractivity contribution in [3.05, 3.63) is 59.7 Å². The number of rotatable bonds is 6. The van der Waals surface area contributed by atoms with Crippen molar-refractivity contribution in [1.29, 1.82) is 5.26 Å². The summed E-state index contributed by atoms with van der Waals surface area (Å²) in [4.78, 5) is 24.2. The van der Waals surface area contributed by atoms with Crippen LogP contribution in [0.1, 0.15) is 15.9 Å². The van der Waals surface area contributed by atoms with Gasteiger partial charge in [0.1, 0.15) is 6.54 Å². The minimum absolute atomic E-state index is 0.144. The zero-order valence-electron chi connectivity index (χ0n) is 14.7. The van der Waals surface area contributed by atoms with Crippen LogP contribution in [0.5, 0.6) is 0 Å². The Kier molecular flexibility index (Phi) is 6.15. The number of ether oxygens (including phenoxy) is 1. The van der Waals surface area contributed by atoms with Crippen LogP contribution in [0.15, 0.2) is 48.5 Å². The molecular weight excluding hydrogens is 370 g/mol. The number of methoxy groups -OCH3 is 1. The lowest BCUT2D eigenvalue weighted by molar-refractivity contribution is -0.114. The SMILES string of the molecule is COC(=O)c1ccccc1NC(=O)CN(c1cccc(C#N)c1)S(C)(=O)=O. The Morgan fingerprint density at radius 2 is 1.89 bits per heavy atom. The molecule has 0 aliphatic rings. The minimum atomic E-state index is -3.79. The molecule has 0 aliphatic heterocycles. The highest BCUT2D eigenvalue weighted by atomic mass is 32.2. The summed E-state index contributed by atoms with van der Waals surface area (Å²) in [7, 11) is -2.57. The van der Waals surface area contributed by atoms with Gasteiger partial charge in [0, 0.05) is 0 Å². The van der Waals surface area contributed by atoms with E-state index in [0.29, 0.717) is 0 Å². The molecule has 0 bridgehead atoms. The van der Waals surface area contributed by atoms with Gasteiger partial charge in [0.15, 0.2) is 0 Å². The highest BCUT2D eigenvalue weighted by Gasteiger charge is 2.22. The summed E-state index contributed by atoms with van der Waals surface area (Å²) in [5.41, 5.74) is 0.796. The van der Waals surface area contributed by atoms with Crippen molar-refractivity contribution in [2.75, 3.05) is 29.5 Å². The van der Waals surface area contributed by atoms with Crippen LogP contribution in [-0.2, 0) is 19.6 Å². The summed E-state index contributed by atoms with van der Waals surface area (Å²) < 4.78 is 29.8. The molecule has 0 aromatic heterocycles. The van der Waals surface area contributed by atoms with Crippen LogP contribution in [0.2, 0.25) is 0 Å². The summed E-state index contributed by atoms with van der Waals surface area (Å²) in [6.45, 7) is -0.525. The van der Waals surface area contributed by atoms with E-state index in [2.05, 4.69) is 10.1 Å². The monoisotopic (exact) mass is 387 g/mol. The Morgan fingerprint density at radius 3 is 2.52 bits per heavy atom. The van der Waals surface area contributed by atoms with Gasteiger partial charge in [-0.3, -0.25) is 9.10 Å². The number of carbonyl (C=O) groups excluding carboxylic acids is 2. The summed E-state index contributed by atoms with van der Waals surface area (Å²) in [6.07, 6.45) is 0.960. The van der Waals surface area contributed by atoms with E-state index in [1.54, 1.807) is 12.1 Å². The van der Waals surface area contributed by atoms with Gasteiger partial charge >= 0.3 is 5.97 Å². The van der Waals surface area contributed by atoms with E-state index in [4.69, 9.17) is 5.26 Å². The second-order valence-corrected chi connectivity index (χ2v) is 7.42. The largest absolute Gasteiger partial charge is 0.465 e. The number of carbonyl (C=O) groups is 2. The number of esters is 1. The van der Waals surface area contributed by atoms with Crippen LogP contribution in [0.4, 0.5) is 11.4 Å². The second kappa shape index (κ2) is 8.33. The van der Waals surface area contributed by atoms with E-state index in [1.165, 1.54) is 43.5 Å². The molecule has 0 heterocycles. The van der Waals surface area contributed by atoms with Crippen molar-refractivity contribution < 1.29 is 22.7 Å². The highest BCUT2D eigenvalue weighted by molar-refractivity contribution is 7.92. The molecule has 9 heteroatoms. The maximum absolute atomic E-state index is 12.4. The third-order valence-corrected chi connectivity index (χ3v) is 4.70. The van der Waals surface area contributed by atoms with Gasteiger partial charge in [-0.25, -0.2) is 13.2 Å². The number of anilines is 2. The van der Waals surface area contributed by atoms with Crippen molar-refractivity contribution >= 4 is 33.3 Å². The molecule has 1 N–H and O–H groups in total. The van der Waals surface area contributed by atoms with Crippen molar-refractivity contribution in [1.82, 2.24) is 0 Å². The molecule has 8 nitrogen and oxygen atoms in total. The fourth-order valence-corrected chi connectivity index (χ4v) is 3.18. The molecule has 0 aliphatic carbocycles. The fourth-order valence-electron chi connectivity index (χ4n) is 2.33. The normalized spacial score (nSPS) is 10.6. The van der Waals surface area contributed by atoms with Crippen LogP contribution in [0, 0.1) is 11.3 Å². The number of hydrogen-bond acceptors (Lipinski definition) is 6. The molecule has 0 unspecified atom stereocenters. The predicted octanol–water partition coefficient (Wildman–Crippen LogP) is 1.75. The van der Waals surface area contributed by atoms with Crippen LogP contribution in [0.25, 0.3) is 0 Å². The summed E-state index contributed by atoms with van der Waals surface area (Å²) >= 11 is 0. The lowest BCUT2D eigenvalue weighted by Gasteiger charge is -2.22. The molecule has 1 amide bonds. The van der Waals surface area contributed by atoms with Crippen molar-refractivity contribution in [2.24, 2.45) is 0 Å². The average Bonchev–Trinajstić information content (AvgIpc) is 2.65. The van der Waals surface area contributed by atoms with E-state index in [0.717, 1.165) is 10.6 Å². The first-order chi connectivity index (χ1) is 12.8. The molecule has 2 rings (SSSR count). The van der Waals surface area contributed by atoms with Crippen molar-refractivity contribution in [3.63, 3.8) is 0 Å². The van der Waals surface area contributed by atoms with Crippen LogP contribution >= 0.6 is 0 Å². The lowest BCUT2D eigenvalue weighted by Crippen LogP contribution is -2.37. The van der Waals surface area contributed by atoms with Crippen molar-refractivity contribution in [2.45, 2.75) is 0 Å². The van der Waals surface area contributed by atoms with Gasteiger partial charge in [-0.15, -0.1) is 0 Å². The molecule has 2 aromatic carbocycles. The van der Waals surface area contributed by atoms with Gasteiger partial charge in [-0.05, 0) is 30.3 Å². The van der Waals surface area contributed by atoms with E-state index in [9.17, 15) is 18.0 Å². The summed E-state index contributed by atoms with van der Waals surface area (Å²) in [5.74, 6) is -1.29. The molecule has 0 spiro atoms. The topological polar surface area (TPSA) is 117 Å². The van der Waals surface area contributed by atoms with Gasteiger partial charge in [0.2, 0.25) is 15.9 Å². The summed E-state index contributed by atoms with van der Waals surface area (Å²) in [5, 5.41) is 11.5. The molecule has 0 fully saturated rings. The number of nitrogens with one attached hydrogen (secondary N) is 1. The molecule has 0 saturated carbocycles. The van der Waals surface area contributed by atoms with Crippen LogP contribution < -0.4 is 9.62 Å². The number of para-hydroxylation sites is 1. The molecule has 27 heavy (non-hydrogen) atoms. The Balaban J connectivity index is 2.28. The number of nitrogens with zero attached hydrogens (tertiary/aromatic N) is 2. The van der Waals surface area contributed by atoms with Gasteiger partial charge < -0.3 is 10.1 Å². The maximum atomic E-state index is 12.4. The van der Waals surface area contributed by atoms with Gasteiger partial charge in [0.05, 0.1) is 41.9 Å². The fraction of sp³-hybridized carbons (Fsp3) is 0.167. The maximum Gasteiger partial charge on any atom is 0.339 e. The zero-order chi connectivity index (χ0) is 20.0. The first-order valence-electron chi connectivity index (χ1n) is 7.71. The number of nitriles is 1. The Morgan fingerprint density at radius 1 is 1.19 bits per heavy atom. The molecular formula is C18H17N3O5S. The standard InChI is InChI=1S/C18H17N3O5S/c1-26-18(23)15-8-3-4-9-16(15)20-17(22)12-21(27(2,24)25)14-7-5-6-13(10-14)11-19/h3-10H,12H2,1-2H3,(H,20,22). The third kappa shape index (κ3) is 5.05. The third-order valence-electron chi connectivity index (χ3n) is 3.56. The van der Waals surface area contributed by atoms with Gasteiger partial charge in [-0.1, -0.05) is 18.2 Å². The van der Waals surface area contributed by atoms with E-state index >= 15 is 0 Å². The summed E-state index contributed by atoms with van der Waals surface area (Å²) in [6, 6.07) is 14.0. The second-order valence-electron chi connectivity index (χ2n) is 5.52. The molecule has 0 saturated heterocycles. The number of sulfonamides is 1. The number of hydrogen-bond donors (Lipinski definition) is 1. The van der Waals surface area contributed by atoms with Crippen LogP contribution in [0.3, 0.4) is 0 Å². The Labute approximate surface area is 157 Å². The molecule has 0 radical (unpaired) electrons. The van der Waals surface area contributed by atoms with E-state index < -0.39 is 28.4 Å². The first kappa shape index (κ1) is 19.9. The first-order valence-corrected chi connectivity index (χ1v) is 9.56. The minimum Gasteiger partial charge on any atom is -0.465 e. The predicted molar refractivity (Wildman–Crippen MR) is 99.8 cm³/mol. The Hall–Kier alpha value is -3.38. The van der Waals surface area contributed by atoms with Crippen LogP contribution in [-0.4, -0.2) is 40.2 Å². The van der Waals surface area contributed by atoms with E-state index in [-0.39, 0.29) is 22.5 Å². The lowest BCUT2D eigenvalue weighted by atomic mass is 10.2. The quantitative estimate of drug-likeness (QED) is 0.755. The molecule has 2 aromatic rings. The smallest absolute Gasteiger partial charge is 0.339 e. The number of benzene rings is 2. The average molecular weight is 387 g/mol. The van der Waals surface area contributed by atoms with Crippen molar-refractivity contribution in [3.8, 4) is 6.07 Å². The molecule has 0 atom stereocenters.